The molecule has 0 spiro atoms. The Hall–Kier alpha value is -2.88. The van der Waals surface area contributed by atoms with Gasteiger partial charge in [0.05, 0.1) is 11.6 Å². The van der Waals surface area contributed by atoms with Gasteiger partial charge >= 0.3 is 11.8 Å². The third-order valence-corrected chi connectivity index (χ3v) is 4.52. The molecule has 1 heterocycles. The molecule has 0 unspecified atom stereocenters. The molecule has 3 rings (SSSR count). The summed E-state index contributed by atoms with van der Waals surface area (Å²) in [5.41, 5.74) is 1.76. The van der Waals surface area contributed by atoms with Gasteiger partial charge in [0, 0.05) is 43.5 Å². The minimum absolute atomic E-state index is 0.0678. The normalized spacial score (nSPS) is 17.0. The number of ketones is 1. The predicted molar refractivity (Wildman–Crippen MR) is 91.1 cm³/mol. The molecule has 25 heavy (non-hydrogen) atoms. The molecule has 1 aromatic rings. The Morgan fingerprint density at radius 2 is 1.84 bits per heavy atom. The average Bonchev–Trinajstić information content (AvgIpc) is 3.44. The maximum absolute atomic E-state index is 12.2. The van der Waals surface area contributed by atoms with E-state index in [1.165, 1.54) is 11.8 Å². The standard InChI is InChI=1S/C18H20N4O3/c1-12(23)15-5-2-13(11-19)10-16(15)21-6-8-22(9-7-21)18(25)17(24)20-14-3-4-14/h2,5,10,14H,3-4,6-9H2,1H3,(H,20,24). The van der Waals surface area contributed by atoms with E-state index in [2.05, 4.69) is 11.4 Å². The quantitative estimate of drug-likeness (QED) is 0.645. The van der Waals surface area contributed by atoms with E-state index in [1.807, 2.05) is 4.90 Å². The lowest BCUT2D eigenvalue weighted by molar-refractivity contribution is -0.146. The topological polar surface area (TPSA) is 93.5 Å². The minimum atomic E-state index is -0.535. The molecule has 0 radical (unpaired) electrons. The molecule has 1 aliphatic carbocycles. The van der Waals surface area contributed by atoms with E-state index < -0.39 is 11.8 Å². The molecule has 1 aromatic carbocycles. The maximum Gasteiger partial charge on any atom is 0.312 e. The van der Waals surface area contributed by atoms with Crippen molar-refractivity contribution < 1.29 is 14.4 Å². The molecular formula is C18H20N4O3. The minimum Gasteiger partial charge on any atom is -0.367 e. The molecule has 0 aromatic heterocycles. The molecule has 2 amide bonds. The highest BCUT2D eigenvalue weighted by Crippen LogP contribution is 2.24. The summed E-state index contributed by atoms with van der Waals surface area (Å²) >= 11 is 0. The number of carbonyl (C=O) groups excluding carboxylic acids is 3. The molecule has 0 bridgehead atoms. The number of benzene rings is 1. The summed E-state index contributed by atoms with van der Waals surface area (Å²) < 4.78 is 0. The van der Waals surface area contributed by atoms with Crippen LogP contribution in [-0.4, -0.2) is 54.7 Å². The van der Waals surface area contributed by atoms with E-state index in [0.717, 1.165) is 12.8 Å². The molecule has 7 heteroatoms. The van der Waals surface area contributed by atoms with Crippen LogP contribution in [0, 0.1) is 11.3 Å². The Bertz CT molecular complexity index is 756. The fourth-order valence-electron chi connectivity index (χ4n) is 2.93. The largest absolute Gasteiger partial charge is 0.367 e. The highest BCUT2D eigenvalue weighted by atomic mass is 16.2. The second-order valence-electron chi connectivity index (χ2n) is 6.43. The van der Waals surface area contributed by atoms with Crippen LogP contribution >= 0.6 is 0 Å². The predicted octanol–water partition coefficient (Wildman–Crippen LogP) is 0.688. The van der Waals surface area contributed by atoms with E-state index >= 15 is 0 Å². The van der Waals surface area contributed by atoms with Crippen LogP contribution in [0.1, 0.15) is 35.7 Å². The third-order valence-electron chi connectivity index (χ3n) is 4.52. The van der Waals surface area contributed by atoms with Crippen LogP contribution in [-0.2, 0) is 9.59 Å². The summed E-state index contributed by atoms with van der Waals surface area (Å²) in [6, 6.07) is 7.23. The van der Waals surface area contributed by atoms with Crippen molar-refractivity contribution in [2.75, 3.05) is 31.1 Å². The van der Waals surface area contributed by atoms with Crippen LogP contribution in [0.3, 0.4) is 0 Å². The molecule has 1 saturated carbocycles. The van der Waals surface area contributed by atoms with Crippen molar-refractivity contribution in [1.29, 1.82) is 5.26 Å². The number of Topliss-reactive ketones (excluding diaryl/α,β-unsaturated/α-hetero) is 1. The highest BCUT2D eigenvalue weighted by molar-refractivity contribution is 6.35. The first-order valence-corrected chi connectivity index (χ1v) is 8.39. The number of amides is 2. The molecule has 0 atom stereocenters. The molecule has 2 aliphatic rings. The zero-order chi connectivity index (χ0) is 18.0. The lowest BCUT2D eigenvalue weighted by atomic mass is 10.0. The van der Waals surface area contributed by atoms with E-state index in [-0.39, 0.29) is 11.8 Å². The smallest absolute Gasteiger partial charge is 0.312 e. The fourth-order valence-corrected chi connectivity index (χ4v) is 2.93. The molecule has 2 fully saturated rings. The van der Waals surface area contributed by atoms with Gasteiger partial charge in [-0.2, -0.15) is 5.26 Å². The number of anilines is 1. The first-order valence-electron chi connectivity index (χ1n) is 8.39. The van der Waals surface area contributed by atoms with E-state index in [4.69, 9.17) is 5.26 Å². The molecule has 1 N–H and O–H groups in total. The van der Waals surface area contributed by atoms with Crippen LogP contribution in [0.15, 0.2) is 18.2 Å². The van der Waals surface area contributed by atoms with Crippen molar-refractivity contribution >= 4 is 23.3 Å². The number of piperazine rings is 1. The first kappa shape index (κ1) is 17.0. The van der Waals surface area contributed by atoms with E-state index in [1.54, 1.807) is 18.2 Å². The lowest BCUT2D eigenvalue weighted by Crippen LogP contribution is -2.53. The number of nitrogens with one attached hydrogen (secondary N) is 1. The molecular weight excluding hydrogens is 320 g/mol. The SMILES string of the molecule is CC(=O)c1ccc(C#N)cc1N1CCN(C(=O)C(=O)NC2CC2)CC1. The lowest BCUT2D eigenvalue weighted by Gasteiger charge is -2.36. The number of rotatable bonds is 3. The summed E-state index contributed by atoms with van der Waals surface area (Å²) in [5, 5.41) is 11.8. The average molecular weight is 340 g/mol. The Morgan fingerprint density at radius 1 is 1.16 bits per heavy atom. The Labute approximate surface area is 146 Å². The summed E-state index contributed by atoms with van der Waals surface area (Å²) in [5.74, 6) is -1.10. The number of nitriles is 1. The van der Waals surface area contributed by atoms with Crippen molar-refractivity contribution in [3.8, 4) is 6.07 Å². The third kappa shape index (κ3) is 3.79. The van der Waals surface area contributed by atoms with Crippen molar-refractivity contribution in [2.24, 2.45) is 0 Å². The molecule has 1 saturated heterocycles. The van der Waals surface area contributed by atoms with Gasteiger partial charge in [0.25, 0.3) is 0 Å². The van der Waals surface area contributed by atoms with Gasteiger partial charge in [0.15, 0.2) is 5.78 Å². The van der Waals surface area contributed by atoms with E-state index in [9.17, 15) is 14.4 Å². The summed E-state index contributed by atoms with van der Waals surface area (Å²) in [6.45, 7) is 3.33. The number of carbonyl (C=O) groups is 3. The monoisotopic (exact) mass is 340 g/mol. The fraction of sp³-hybridized carbons (Fsp3) is 0.444. The van der Waals surface area contributed by atoms with Gasteiger partial charge in [0.1, 0.15) is 0 Å². The second-order valence-corrected chi connectivity index (χ2v) is 6.43. The van der Waals surface area contributed by atoms with Crippen molar-refractivity contribution in [3.63, 3.8) is 0 Å². The zero-order valence-electron chi connectivity index (χ0n) is 14.1. The van der Waals surface area contributed by atoms with Gasteiger partial charge in [-0.25, -0.2) is 0 Å². The Kier molecular flexibility index (Phi) is 4.70. The van der Waals surface area contributed by atoms with Gasteiger partial charge in [-0.3, -0.25) is 14.4 Å². The first-order chi connectivity index (χ1) is 12.0. The van der Waals surface area contributed by atoms with Gasteiger partial charge in [-0.1, -0.05) is 0 Å². The summed E-state index contributed by atoms with van der Waals surface area (Å²) in [7, 11) is 0. The van der Waals surface area contributed by atoms with Gasteiger partial charge in [-0.15, -0.1) is 0 Å². The number of hydrogen-bond acceptors (Lipinski definition) is 5. The summed E-state index contributed by atoms with van der Waals surface area (Å²) in [4.78, 5) is 39.4. The van der Waals surface area contributed by atoms with Crippen molar-refractivity contribution in [3.05, 3.63) is 29.3 Å². The second kappa shape index (κ2) is 6.93. The van der Waals surface area contributed by atoms with E-state index in [0.29, 0.717) is 43.0 Å². The highest BCUT2D eigenvalue weighted by Gasteiger charge is 2.31. The Balaban J connectivity index is 1.67. The van der Waals surface area contributed by atoms with Gasteiger partial charge < -0.3 is 15.1 Å². The van der Waals surface area contributed by atoms with Crippen molar-refractivity contribution in [1.82, 2.24) is 10.2 Å². The van der Waals surface area contributed by atoms with Crippen molar-refractivity contribution in [2.45, 2.75) is 25.8 Å². The molecule has 7 nitrogen and oxygen atoms in total. The van der Waals surface area contributed by atoms with Crippen LogP contribution in [0.5, 0.6) is 0 Å². The molecule has 130 valence electrons. The van der Waals surface area contributed by atoms with Gasteiger partial charge in [-0.05, 0) is 38.0 Å². The van der Waals surface area contributed by atoms with Crippen LogP contribution in [0.2, 0.25) is 0 Å². The van der Waals surface area contributed by atoms with Crippen LogP contribution in [0.4, 0.5) is 5.69 Å². The summed E-state index contributed by atoms with van der Waals surface area (Å²) in [6.07, 6.45) is 1.88. The number of hydrogen-bond donors (Lipinski definition) is 1. The molecule has 1 aliphatic heterocycles. The van der Waals surface area contributed by atoms with Crippen LogP contribution < -0.4 is 10.2 Å². The van der Waals surface area contributed by atoms with Gasteiger partial charge in [0.2, 0.25) is 0 Å². The van der Waals surface area contributed by atoms with Crippen LogP contribution in [0.25, 0.3) is 0 Å². The maximum atomic E-state index is 12.2. The zero-order valence-corrected chi connectivity index (χ0v) is 14.1. The Morgan fingerprint density at radius 3 is 2.40 bits per heavy atom. The number of nitrogens with zero attached hydrogens (tertiary/aromatic N) is 3.